The molecule has 7 nitrogen and oxygen atoms in total. The molecule has 0 saturated heterocycles. The van der Waals surface area contributed by atoms with Gasteiger partial charge in [-0.05, 0) is 29.9 Å². The number of aryl methyl sites for hydroxylation is 1. The first-order valence-corrected chi connectivity index (χ1v) is 8.55. The Hall–Kier alpha value is -3.22. The molecule has 1 aromatic carbocycles. The van der Waals surface area contributed by atoms with E-state index in [0.717, 1.165) is 16.3 Å². The van der Waals surface area contributed by atoms with Gasteiger partial charge in [-0.15, -0.1) is 0 Å². The summed E-state index contributed by atoms with van der Waals surface area (Å²) in [4.78, 5) is 46.6. The summed E-state index contributed by atoms with van der Waals surface area (Å²) in [5, 5.41) is 2.16. The minimum Gasteiger partial charge on any atom is -0.337 e. The first kappa shape index (κ1) is 16.3. The van der Waals surface area contributed by atoms with Crippen LogP contribution in [0.25, 0.3) is 10.8 Å². The van der Waals surface area contributed by atoms with Gasteiger partial charge in [0.15, 0.2) is 0 Å². The van der Waals surface area contributed by atoms with Crippen LogP contribution in [-0.2, 0) is 24.2 Å². The summed E-state index contributed by atoms with van der Waals surface area (Å²) in [6.07, 6.45) is 5.03. The second-order valence-corrected chi connectivity index (χ2v) is 6.44. The van der Waals surface area contributed by atoms with Crippen LogP contribution in [0.3, 0.4) is 0 Å². The fourth-order valence-corrected chi connectivity index (χ4v) is 3.50. The predicted octanol–water partition coefficient (Wildman–Crippen LogP) is 1.13. The van der Waals surface area contributed by atoms with Gasteiger partial charge in [-0.2, -0.15) is 0 Å². The lowest BCUT2D eigenvalue weighted by Gasteiger charge is -2.28. The lowest BCUT2D eigenvalue weighted by molar-refractivity contribution is -0.132. The number of fused-ring (bicyclic) bond motifs is 2. The molecule has 26 heavy (non-hydrogen) atoms. The van der Waals surface area contributed by atoms with Crippen molar-refractivity contribution in [3.63, 3.8) is 0 Å². The van der Waals surface area contributed by atoms with Crippen molar-refractivity contribution in [3.05, 3.63) is 74.3 Å². The van der Waals surface area contributed by atoms with Crippen LogP contribution >= 0.6 is 0 Å². The fourth-order valence-electron chi connectivity index (χ4n) is 3.50. The van der Waals surface area contributed by atoms with E-state index in [2.05, 4.69) is 15.0 Å². The number of carbonyl (C=O) groups excluding carboxylic acids is 1. The van der Waals surface area contributed by atoms with Gasteiger partial charge >= 0.3 is 5.69 Å². The number of carbonyl (C=O) groups is 1. The van der Waals surface area contributed by atoms with Crippen LogP contribution in [0, 0.1) is 0 Å². The third-order valence-corrected chi connectivity index (χ3v) is 4.84. The topological polar surface area (TPSA) is 98.9 Å². The number of amides is 1. The number of rotatable bonds is 3. The number of nitrogens with one attached hydrogen (secondary N) is 2. The highest BCUT2D eigenvalue weighted by Gasteiger charge is 2.23. The van der Waals surface area contributed by atoms with Crippen LogP contribution in [0.2, 0.25) is 0 Å². The van der Waals surface area contributed by atoms with E-state index in [0.29, 0.717) is 37.1 Å². The lowest BCUT2D eigenvalue weighted by Crippen LogP contribution is -2.41. The van der Waals surface area contributed by atoms with Gasteiger partial charge in [-0.3, -0.25) is 19.6 Å². The Morgan fingerprint density at radius 2 is 2.08 bits per heavy atom. The Morgan fingerprint density at radius 3 is 2.96 bits per heavy atom. The molecule has 0 bridgehead atoms. The van der Waals surface area contributed by atoms with Crippen molar-refractivity contribution < 1.29 is 4.79 Å². The molecule has 132 valence electrons. The maximum Gasteiger partial charge on any atom is 0.325 e. The van der Waals surface area contributed by atoms with Gasteiger partial charge in [0, 0.05) is 42.0 Å². The lowest BCUT2D eigenvalue weighted by atomic mass is 10.0. The number of H-pyrrole nitrogens is 2. The van der Waals surface area contributed by atoms with Gasteiger partial charge in [0.05, 0.1) is 6.54 Å². The SMILES string of the molecule is O=C(CCc1cccc2cnccc12)N1CCc2c([nH]c(=O)[nH]c2=O)C1. The van der Waals surface area contributed by atoms with E-state index in [-0.39, 0.29) is 18.0 Å². The number of aromatic amines is 2. The second kappa shape index (κ2) is 6.59. The predicted molar refractivity (Wildman–Crippen MR) is 96.9 cm³/mol. The van der Waals surface area contributed by atoms with Crippen LogP contribution < -0.4 is 11.2 Å². The van der Waals surface area contributed by atoms with E-state index in [1.165, 1.54) is 0 Å². The van der Waals surface area contributed by atoms with Crippen molar-refractivity contribution in [3.8, 4) is 0 Å². The molecular formula is C19H18N4O3. The number of hydrogen-bond donors (Lipinski definition) is 2. The highest BCUT2D eigenvalue weighted by atomic mass is 16.2. The van der Waals surface area contributed by atoms with Gasteiger partial charge in [-0.25, -0.2) is 4.79 Å². The van der Waals surface area contributed by atoms with E-state index in [4.69, 9.17) is 0 Å². The molecule has 0 spiro atoms. The Balaban J connectivity index is 1.49. The minimum absolute atomic E-state index is 0.0165. The maximum absolute atomic E-state index is 12.6. The van der Waals surface area contributed by atoms with Gasteiger partial charge in [0.25, 0.3) is 5.56 Å². The smallest absolute Gasteiger partial charge is 0.325 e. The number of nitrogens with zero attached hydrogens (tertiary/aromatic N) is 2. The van der Waals surface area contributed by atoms with Gasteiger partial charge in [0.2, 0.25) is 5.91 Å². The minimum atomic E-state index is -0.535. The van der Waals surface area contributed by atoms with Crippen molar-refractivity contribution in [2.45, 2.75) is 25.8 Å². The third kappa shape index (κ3) is 3.03. The van der Waals surface area contributed by atoms with Crippen LogP contribution in [-0.4, -0.2) is 32.3 Å². The van der Waals surface area contributed by atoms with Crippen LogP contribution in [0.1, 0.15) is 23.2 Å². The van der Waals surface area contributed by atoms with E-state index >= 15 is 0 Å². The largest absolute Gasteiger partial charge is 0.337 e. The first-order valence-electron chi connectivity index (χ1n) is 8.55. The molecule has 7 heteroatoms. The van der Waals surface area contributed by atoms with Crippen molar-refractivity contribution >= 4 is 16.7 Å². The fraction of sp³-hybridized carbons (Fsp3) is 0.263. The first-order chi connectivity index (χ1) is 12.6. The molecular weight excluding hydrogens is 332 g/mol. The highest BCUT2D eigenvalue weighted by molar-refractivity contribution is 5.85. The van der Waals surface area contributed by atoms with Gasteiger partial charge in [-0.1, -0.05) is 18.2 Å². The second-order valence-electron chi connectivity index (χ2n) is 6.44. The van der Waals surface area contributed by atoms with Crippen molar-refractivity contribution in [1.29, 1.82) is 0 Å². The average Bonchev–Trinajstić information content (AvgIpc) is 2.65. The molecule has 3 heterocycles. The molecule has 4 rings (SSSR count). The Labute approximate surface area is 148 Å². The third-order valence-electron chi connectivity index (χ3n) is 4.84. The maximum atomic E-state index is 12.6. The Bertz CT molecular complexity index is 1090. The summed E-state index contributed by atoms with van der Waals surface area (Å²) in [5.41, 5.74) is 1.32. The van der Waals surface area contributed by atoms with Crippen molar-refractivity contribution in [1.82, 2.24) is 19.9 Å². The molecule has 0 aliphatic carbocycles. The molecule has 2 aromatic heterocycles. The Kier molecular flexibility index (Phi) is 4.12. The monoisotopic (exact) mass is 350 g/mol. The zero-order valence-electron chi connectivity index (χ0n) is 14.1. The van der Waals surface area contributed by atoms with Crippen LogP contribution in [0.5, 0.6) is 0 Å². The zero-order chi connectivity index (χ0) is 18.1. The molecule has 3 aromatic rings. The molecule has 0 saturated carbocycles. The van der Waals surface area contributed by atoms with Crippen molar-refractivity contribution in [2.75, 3.05) is 6.54 Å². The molecule has 2 N–H and O–H groups in total. The average molecular weight is 350 g/mol. The zero-order valence-corrected chi connectivity index (χ0v) is 14.1. The number of hydrogen-bond acceptors (Lipinski definition) is 4. The molecule has 1 aliphatic heterocycles. The van der Waals surface area contributed by atoms with E-state index in [1.54, 1.807) is 11.1 Å². The van der Waals surface area contributed by atoms with Gasteiger partial charge in [0.1, 0.15) is 0 Å². The summed E-state index contributed by atoms with van der Waals surface area (Å²) < 4.78 is 0. The number of pyridine rings is 1. The normalized spacial score (nSPS) is 13.6. The molecule has 1 aliphatic rings. The molecule has 0 fully saturated rings. The summed E-state index contributed by atoms with van der Waals surface area (Å²) in [7, 11) is 0. The van der Waals surface area contributed by atoms with E-state index in [1.807, 2.05) is 30.5 Å². The molecule has 1 amide bonds. The standard InChI is InChI=1S/C19H18N4O3/c24-17(5-4-12-2-1-3-13-10-20-8-6-14(12)13)23-9-7-15-16(11-23)21-19(26)22-18(15)25/h1-3,6,8,10H,4-5,7,9,11H2,(H2,21,22,25,26). The van der Waals surface area contributed by atoms with Crippen LogP contribution in [0.15, 0.2) is 46.2 Å². The van der Waals surface area contributed by atoms with E-state index in [9.17, 15) is 14.4 Å². The van der Waals surface area contributed by atoms with Crippen LogP contribution in [0.4, 0.5) is 0 Å². The summed E-state index contributed by atoms with van der Waals surface area (Å²) in [5.74, 6) is 0.0165. The molecule has 0 radical (unpaired) electrons. The highest BCUT2D eigenvalue weighted by Crippen LogP contribution is 2.20. The quantitative estimate of drug-likeness (QED) is 0.740. The summed E-state index contributed by atoms with van der Waals surface area (Å²) in [6, 6.07) is 7.96. The summed E-state index contributed by atoms with van der Waals surface area (Å²) >= 11 is 0. The molecule has 0 unspecified atom stereocenters. The number of benzene rings is 1. The number of aromatic nitrogens is 3. The summed E-state index contributed by atoms with van der Waals surface area (Å²) in [6.45, 7) is 0.757. The van der Waals surface area contributed by atoms with E-state index < -0.39 is 5.69 Å². The molecule has 0 atom stereocenters. The Morgan fingerprint density at radius 1 is 1.19 bits per heavy atom. The van der Waals surface area contributed by atoms with Crippen molar-refractivity contribution in [2.24, 2.45) is 0 Å². The van der Waals surface area contributed by atoms with Gasteiger partial charge < -0.3 is 9.88 Å².